The van der Waals surface area contributed by atoms with Crippen molar-refractivity contribution < 1.29 is 18.6 Å². The first-order valence-corrected chi connectivity index (χ1v) is 18.1. The second kappa shape index (κ2) is 10.8. The summed E-state index contributed by atoms with van der Waals surface area (Å²) in [5, 5.41) is 1.20. The average Bonchev–Trinajstić information content (AvgIpc) is 3.37. The first-order valence-electron chi connectivity index (χ1n) is 16.3. The lowest BCUT2D eigenvalue weighted by molar-refractivity contribution is 0.0700. The molecule has 2 bridgehead atoms. The largest absolute Gasteiger partial charge is 0.494 e. The van der Waals surface area contributed by atoms with Crippen LogP contribution in [0.1, 0.15) is 55.3 Å². The number of hydrogen-bond donors (Lipinski definition) is 3. The number of methoxy groups -OCH3 is 1. The molecule has 4 N–H and O–H groups in total. The summed E-state index contributed by atoms with van der Waals surface area (Å²) in [6, 6.07) is 14.8. The van der Waals surface area contributed by atoms with E-state index in [4.69, 9.17) is 15.5 Å². The number of benzene rings is 2. The van der Waals surface area contributed by atoms with E-state index in [1.54, 1.807) is 7.11 Å². The van der Waals surface area contributed by atoms with Gasteiger partial charge < -0.3 is 24.5 Å². The molecule has 2 saturated heterocycles. The van der Waals surface area contributed by atoms with Gasteiger partial charge in [-0.05, 0) is 87.0 Å². The van der Waals surface area contributed by atoms with Gasteiger partial charge in [0.05, 0.1) is 18.3 Å². The number of nitrogens with zero attached hydrogens (tertiary/aromatic N) is 4. The molecule has 4 fully saturated rings. The quantitative estimate of drug-likeness (QED) is 0.217. The number of aromatic nitrogens is 3. The minimum Gasteiger partial charge on any atom is -0.494 e. The minimum absolute atomic E-state index is 0.00740. The van der Waals surface area contributed by atoms with Crippen molar-refractivity contribution in [3.05, 3.63) is 48.0 Å². The Hall–Kier alpha value is -3.05. The average molecular weight is 618 g/mol. The van der Waals surface area contributed by atoms with E-state index >= 15 is 0 Å². The number of hydrogen-bond acceptors (Lipinski definition) is 6. The van der Waals surface area contributed by atoms with E-state index in [1.807, 2.05) is 17.0 Å². The van der Waals surface area contributed by atoms with Crippen LogP contribution >= 0.6 is 10.6 Å². The first-order chi connectivity index (χ1) is 21.3. The van der Waals surface area contributed by atoms with Crippen molar-refractivity contribution >= 4 is 38.4 Å². The Morgan fingerprint density at radius 2 is 1.82 bits per heavy atom. The summed E-state index contributed by atoms with van der Waals surface area (Å²) in [5.41, 5.74) is 11.0. The summed E-state index contributed by atoms with van der Waals surface area (Å²) >= 11 is 0. The molecule has 2 saturated carbocycles. The number of carbonyl (C=O) groups excluding carboxylic acids is 1. The molecular formula is C34H43N5O4S. The molecule has 2 aliphatic heterocycles. The maximum absolute atomic E-state index is 13.9. The number of nitrogens with two attached hydrogens (primary N) is 1. The molecule has 2 aliphatic carbocycles. The van der Waals surface area contributed by atoms with E-state index in [2.05, 4.69) is 39.5 Å². The Morgan fingerprint density at radius 1 is 1.02 bits per heavy atom. The Bertz CT molecular complexity index is 1730. The van der Waals surface area contributed by atoms with Gasteiger partial charge >= 0.3 is 0 Å². The number of ether oxygens (including phenoxy) is 1. The molecular weight excluding hydrogens is 574 g/mol. The lowest BCUT2D eigenvalue weighted by Gasteiger charge is -2.39. The van der Waals surface area contributed by atoms with E-state index in [1.165, 1.54) is 23.7 Å². The zero-order valence-corrected chi connectivity index (χ0v) is 26.2. The minimum atomic E-state index is -2.42. The molecule has 4 aliphatic rings. The van der Waals surface area contributed by atoms with Crippen LogP contribution < -0.4 is 10.5 Å². The number of rotatable bonds is 8. The standard InChI is InChI=1S/C34H43N5O4S/c1-43-30-18-25(34(40)39-20-24-8-9-28(39)31(24)35)16-26-32(30)37(13-10-21-11-14-44(41,42)15-12-21)33(36-26)29-17-23-4-2-3-5-27(23)38(29)19-22-6-7-22/h2-5,16-18,21-22,24,28,31,41-42H,6-15,19-20,35H2,1H3/t24-,28-,31-/m1/s1. The summed E-state index contributed by atoms with van der Waals surface area (Å²) in [5.74, 6) is 4.01. The van der Waals surface area contributed by atoms with Gasteiger partial charge in [-0.25, -0.2) is 4.98 Å². The van der Waals surface area contributed by atoms with Crippen LogP contribution in [-0.4, -0.2) is 71.3 Å². The van der Waals surface area contributed by atoms with Crippen LogP contribution in [-0.2, 0) is 13.1 Å². The van der Waals surface area contributed by atoms with Crippen molar-refractivity contribution in [2.24, 2.45) is 23.5 Å². The van der Waals surface area contributed by atoms with E-state index in [0.717, 1.165) is 74.3 Å². The molecule has 2 aromatic carbocycles. The van der Waals surface area contributed by atoms with Gasteiger partial charge in [0.1, 0.15) is 11.3 Å². The fraction of sp³-hybridized carbons (Fsp3) is 0.529. The molecule has 4 aromatic rings. The number of imidazole rings is 1. The van der Waals surface area contributed by atoms with Crippen LogP contribution in [0.3, 0.4) is 0 Å². The van der Waals surface area contributed by atoms with Gasteiger partial charge in [-0.2, -0.15) is 10.6 Å². The Balaban J connectivity index is 1.23. The van der Waals surface area contributed by atoms with Crippen molar-refractivity contribution in [1.82, 2.24) is 19.0 Å². The molecule has 10 heteroatoms. The summed E-state index contributed by atoms with van der Waals surface area (Å²) in [6.45, 7) is 2.41. The number of aryl methyl sites for hydroxylation is 1. The van der Waals surface area contributed by atoms with Crippen molar-refractivity contribution in [2.45, 2.75) is 70.1 Å². The molecule has 0 radical (unpaired) electrons. The molecule has 4 heterocycles. The molecule has 0 unspecified atom stereocenters. The number of likely N-dealkylation sites (tertiary alicyclic amines) is 1. The number of carbonyl (C=O) groups is 1. The molecule has 3 atom stereocenters. The van der Waals surface area contributed by atoms with Crippen LogP contribution in [0, 0.1) is 17.8 Å². The molecule has 9 nitrogen and oxygen atoms in total. The molecule has 2 aromatic heterocycles. The van der Waals surface area contributed by atoms with Gasteiger partial charge in [0, 0.05) is 59.7 Å². The fourth-order valence-electron chi connectivity index (χ4n) is 8.08. The predicted octanol–water partition coefficient (Wildman–Crippen LogP) is 6.19. The number of para-hydroxylation sites is 1. The highest BCUT2D eigenvalue weighted by Crippen LogP contribution is 2.47. The van der Waals surface area contributed by atoms with Crippen molar-refractivity contribution in [1.29, 1.82) is 0 Å². The summed E-state index contributed by atoms with van der Waals surface area (Å²) in [6.07, 6.45) is 7.13. The van der Waals surface area contributed by atoms with Gasteiger partial charge in [-0.15, -0.1) is 0 Å². The predicted molar refractivity (Wildman–Crippen MR) is 175 cm³/mol. The topological polar surface area (TPSA) is 119 Å². The zero-order valence-electron chi connectivity index (χ0n) is 25.4. The van der Waals surface area contributed by atoms with E-state index in [0.29, 0.717) is 40.6 Å². The zero-order chi connectivity index (χ0) is 30.2. The molecule has 8 rings (SSSR count). The molecule has 0 spiro atoms. The van der Waals surface area contributed by atoms with Gasteiger partial charge in [0.25, 0.3) is 5.91 Å². The monoisotopic (exact) mass is 617 g/mol. The van der Waals surface area contributed by atoms with Crippen molar-refractivity contribution in [3.63, 3.8) is 0 Å². The van der Waals surface area contributed by atoms with Gasteiger partial charge in [0.2, 0.25) is 0 Å². The number of fused-ring (bicyclic) bond motifs is 4. The van der Waals surface area contributed by atoms with Crippen molar-refractivity contribution in [3.8, 4) is 17.3 Å². The highest BCUT2D eigenvalue weighted by atomic mass is 32.3. The van der Waals surface area contributed by atoms with Gasteiger partial charge in [-0.3, -0.25) is 13.9 Å². The van der Waals surface area contributed by atoms with Crippen LogP contribution in [0.5, 0.6) is 5.75 Å². The van der Waals surface area contributed by atoms with Gasteiger partial charge in [-0.1, -0.05) is 18.2 Å². The summed E-state index contributed by atoms with van der Waals surface area (Å²) in [7, 11) is -0.753. The molecule has 44 heavy (non-hydrogen) atoms. The van der Waals surface area contributed by atoms with Crippen LogP contribution in [0.15, 0.2) is 42.5 Å². The van der Waals surface area contributed by atoms with Gasteiger partial charge in [0.15, 0.2) is 5.82 Å². The van der Waals surface area contributed by atoms with Crippen molar-refractivity contribution in [2.75, 3.05) is 25.2 Å². The summed E-state index contributed by atoms with van der Waals surface area (Å²) in [4.78, 5) is 21.1. The number of amides is 1. The lowest BCUT2D eigenvalue weighted by atomic mass is 9.99. The first kappa shape index (κ1) is 28.4. The second-order valence-electron chi connectivity index (χ2n) is 13.7. The molecule has 234 valence electrons. The van der Waals surface area contributed by atoms with Crippen LogP contribution in [0.4, 0.5) is 0 Å². The van der Waals surface area contributed by atoms with Crippen LogP contribution in [0.2, 0.25) is 0 Å². The summed E-state index contributed by atoms with van der Waals surface area (Å²) < 4.78 is 31.1. The normalized spacial score (nSPS) is 25.7. The smallest absolute Gasteiger partial charge is 0.254 e. The maximum atomic E-state index is 13.9. The van der Waals surface area contributed by atoms with E-state index in [-0.39, 0.29) is 18.0 Å². The molecule has 1 amide bonds. The highest BCUT2D eigenvalue weighted by Gasteiger charge is 2.47. The third-order valence-electron chi connectivity index (χ3n) is 10.8. The third kappa shape index (κ3) is 4.90. The Morgan fingerprint density at radius 3 is 2.52 bits per heavy atom. The maximum Gasteiger partial charge on any atom is 0.254 e. The fourth-order valence-corrected chi connectivity index (χ4v) is 9.70. The third-order valence-corrected chi connectivity index (χ3v) is 12.6. The SMILES string of the molecule is COc1cc(C(=O)N2C[C@H]3CC[C@@H]2[C@@H]3N)cc2nc(-c3cc4ccccc4n3CC3CC3)n(CCC3CCS(O)(O)CC3)c12. The lowest BCUT2D eigenvalue weighted by Crippen LogP contribution is -2.41. The second-order valence-corrected chi connectivity index (χ2v) is 16.1. The Labute approximate surface area is 259 Å². The number of piperidine rings is 1. The Kier molecular flexibility index (Phi) is 6.97. The van der Waals surface area contributed by atoms with E-state index < -0.39 is 10.6 Å². The highest BCUT2D eigenvalue weighted by molar-refractivity contribution is 8.24. The van der Waals surface area contributed by atoms with Crippen LogP contribution in [0.25, 0.3) is 33.5 Å². The van der Waals surface area contributed by atoms with E-state index in [9.17, 15) is 13.9 Å².